The van der Waals surface area contributed by atoms with Crippen molar-refractivity contribution < 1.29 is 22.6 Å². The summed E-state index contributed by atoms with van der Waals surface area (Å²) in [5.41, 5.74) is 0.948. The van der Waals surface area contributed by atoms with Gasteiger partial charge >= 0.3 is 6.18 Å². The maximum atomic E-state index is 12.4. The van der Waals surface area contributed by atoms with Crippen LogP contribution < -0.4 is 15.4 Å². The Balaban J connectivity index is 2.13. The van der Waals surface area contributed by atoms with E-state index in [4.69, 9.17) is 9.47 Å². The molecule has 1 saturated heterocycles. The molecule has 0 aliphatic carbocycles. The highest BCUT2D eigenvalue weighted by Crippen LogP contribution is 2.36. The largest absolute Gasteiger partial charge is 0.494 e. The quantitative estimate of drug-likeness (QED) is 0.516. The zero-order valence-corrected chi connectivity index (χ0v) is 16.6. The van der Waals surface area contributed by atoms with Gasteiger partial charge in [0.15, 0.2) is 5.96 Å². The molecule has 2 rings (SSSR count). The summed E-state index contributed by atoms with van der Waals surface area (Å²) in [6, 6.07) is 8.00. The van der Waals surface area contributed by atoms with Gasteiger partial charge in [0.1, 0.15) is 5.75 Å². The summed E-state index contributed by atoms with van der Waals surface area (Å²) in [4.78, 5) is 4.60. The predicted octanol–water partition coefficient (Wildman–Crippen LogP) is 3.64. The van der Waals surface area contributed by atoms with Crippen LogP contribution in [0.5, 0.6) is 5.75 Å². The average Bonchev–Trinajstić information content (AvgIpc) is 2.67. The van der Waals surface area contributed by atoms with Crippen molar-refractivity contribution in [1.82, 2.24) is 10.6 Å². The molecule has 8 heteroatoms. The summed E-state index contributed by atoms with van der Waals surface area (Å²) in [5, 5.41) is 5.80. The van der Waals surface area contributed by atoms with Gasteiger partial charge in [-0.3, -0.25) is 4.99 Å². The lowest BCUT2D eigenvalue weighted by Gasteiger charge is -2.36. The number of hydrogen-bond acceptors (Lipinski definition) is 3. The first-order valence-corrected chi connectivity index (χ1v) is 9.78. The number of nitrogens with zero attached hydrogens (tertiary/aromatic N) is 1. The van der Waals surface area contributed by atoms with Crippen molar-refractivity contribution in [3.05, 3.63) is 29.8 Å². The van der Waals surface area contributed by atoms with Gasteiger partial charge in [-0.1, -0.05) is 12.1 Å². The van der Waals surface area contributed by atoms with E-state index < -0.39 is 12.6 Å². The minimum absolute atomic E-state index is 0.199. The van der Waals surface area contributed by atoms with E-state index in [1.54, 1.807) is 0 Å². The molecule has 0 amide bonds. The molecule has 0 spiro atoms. The molecule has 0 radical (unpaired) electrons. The monoisotopic (exact) mass is 401 g/mol. The van der Waals surface area contributed by atoms with Crippen molar-refractivity contribution in [2.75, 3.05) is 39.5 Å². The third kappa shape index (κ3) is 6.89. The van der Waals surface area contributed by atoms with Crippen LogP contribution in [0.1, 0.15) is 38.7 Å². The van der Waals surface area contributed by atoms with E-state index in [0.717, 1.165) is 24.2 Å². The SMILES string of the molecule is CCNC(=NCC1(c2ccc(OCC)cc2)CCOCC1)NCCC(F)(F)F. The van der Waals surface area contributed by atoms with Crippen molar-refractivity contribution in [2.45, 2.75) is 44.7 Å². The van der Waals surface area contributed by atoms with Gasteiger partial charge in [-0.15, -0.1) is 0 Å². The molecule has 0 aromatic heterocycles. The molecular weight excluding hydrogens is 371 g/mol. The summed E-state index contributed by atoms with van der Waals surface area (Å²) in [6.07, 6.45) is -3.46. The second kappa shape index (κ2) is 10.5. The van der Waals surface area contributed by atoms with Gasteiger partial charge in [0.05, 0.1) is 19.6 Å². The first kappa shape index (κ1) is 22.3. The number of rotatable bonds is 8. The summed E-state index contributed by atoms with van der Waals surface area (Å²) in [5.74, 6) is 1.22. The van der Waals surface area contributed by atoms with Gasteiger partial charge in [-0.05, 0) is 44.4 Å². The highest BCUT2D eigenvalue weighted by Gasteiger charge is 2.34. The van der Waals surface area contributed by atoms with Crippen LogP contribution in [0.2, 0.25) is 0 Å². The predicted molar refractivity (Wildman–Crippen MR) is 104 cm³/mol. The van der Waals surface area contributed by atoms with Crippen molar-refractivity contribution >= 4 is 5.96 Å². The van der Waals surface area contributed by atoms with Crippen LogP contribution in [0, 0.1) is 0 Å². The second-order valence-corrected chi connectivity index (χ2v) is 6.84. The van der Waals surface area contributed by atoms with E-state index in [1.807, 2.05) is 26.0 Å². The van der Waals surface area contributed by atoms with Gasteiger partial charge in [-0.2, -0.15) is 13.2 Å². The molecule has 1 heterocycles. The van der Waals surface area contributed by atoms with Crippen molar-refractivity contribution in [2.24, 2.45) is 4.99 Å². The topological polar surface area (TPSA) is 54.9 Å². The lowest BCUT2D eigenvalue weighted by molar-refractivity contribution is -0.132. The Morgan fingerprint density at radius 2 is 1.82 bits per heavy atom. The minimum atomic E-state index is -4.19. The molecule has 2 N–H and O–H groups in total. The highest BCUT2D eigenvalue weighted by atomic mass is 19.4. The van der Waals surface area contributed by atoms with Crippen LogP contribution in [0.15, 0.2) is 29.3 Å². The molecule has 1 aromatic carbocycles. The number of halogens is 3. The summed E-state index contributed by atoms with van der Waals surface area (Å²) in [6.45, 7) is 6.57. The summed E-state index contributed by atoms with van der Waals surface area (Å²) in [7, 11) is 0. The fourth-order valence-corrected chi connectivity index (χ4v) is 3.27. The molecule has 0 atom stereocenters. The van der Waals surface area contributed by atoms with E-state index in [2.05, 4.69) is 27.8 Å². The fourth-order valence-electron chi connectivity index (χ4n) is 3.27. The second-order valence-electron chi connectivity index (χ2n) is 6.84. The van der Waals surface area contributed by atoms with Gasteiger partial charge in [0.25, 0.3) is 0 Å². The minimum Gasteiger partial charge on any atom is -0.494 e. The Kier molecular flexibility index (Phi) is 8.41. The first-order chi connectivity index (χ1) is 13.4. The zero-order valence-electron chi connectivity index (χ0n) is 16.6. The van der Waals surface area contributed by atoms with Crippen LogP contribution in [-0.4, -0.2) is 51.6 Å². The molecule has 158 valence electrons. The molecule has 0 bridgehead atoms. The van der Waals surface area contributed by atoms with Crippen LogP contribution in [0.25, 0.3) is 0 Å². The van der Waals surface area contributed by atoms with Crippen molar-refractivity contribution in [1.29, 1.82) is 0 Å². The number of guanidine groups is 1. The van der Waals surface area contributed by atoms with E-state index in [-0.39, 0.29) is 12.0 Å². The van der Waals surface area contributed by atoms with E-state index in [1.165, 1.54) is 0 Å². The maximum Gasteiger partial charge on any atom is 0.390 e. The highest BCUT2D eigenvalue weighted by molar-refractivity contribution is 5.79. The molecule has 1 aliphatic heterocycles. The lowest BCUT2D eigenvalue weighted by Crippen LogP contribution is -2.42. The summed E-state index contributed by atoms with van der Waals surface area (Å²) >= 11 is 0. The van der Waals surface area contributed by atoms with Gasteiger partial charge in [0.2, 0.25) is 0 Å². The normalized spacial score (nSPS) is 17.2. The average molecular weight is 401 g/mol. The van der Waals surface area contributed by atoms with Crippen LogP contribution >= 0.6 is 0 Å². The first-order valence-electron chi connectivity index (χ1n) is 9.78. The molecule has 1 aromatic rings. The molecule has 28 heavy (non-hydrogen) atoms. The molecule has 1 fully saturated rings. The zero-order chi connectivity index (χ0) is 20.5. The van der Waals surface area contributed by atoms with E-state index in [9.17, 15) is 13.2 Å². The number of hydrogen-bond donors (Lipinski definition) is 2. The fraction of sp³-hybridized carbons (Fsp3) is 0.650. The van der Waals surface area contributed by atoms with E-state index >= 15 is 0 Å². The number of nitrogens with one attached hydrogen (secondary N) is 2. The standard InChI is InChI=1S/C20H30F3N3O2/c1-3-24-18(25-12-9-20(21,22)23)26-15-19(10-13-27-14-11-19)16-5-7-17(8-6-16)28-4-2/h5-8H,3-4,9-15H2,1-2H3,(H2,24,25,26). The van der Waals surface area contributed by atoms with E-state index in [0.29, 0.717) is 38.9 Å². The van der Waals surface area contributed by atoms with Crippen LogP contribution in [-0.2, 0) is 10.2 Å². The molecular formula is C20H30F3N3O2. The summed E-state index contributed by atoms with van der Waals surface area (Å²) < 4.78 is 48.3. The van der Waals surface area contributed by atoms with Gasteiger partial charge in [-0.25, -0.2) is 0 Å². The lowest BCUT2D eigenvalue weighted by atomic mass is 9.74. The maximum absolute atomic E-state index is 12.4. The van der Waals surface area contributed by atoms with Crippen LogP contribution in [0.4, 0.5) is 13.2 Å². The molecule has 0 saturated carbocycles. The van der Waals surface area contributed by atoms with Crippen molar-refractivity contribution in [3.63, 3.8) is 0 Å². The number of aliphatic imine (C=N–C) groups is 1. The Hall–Kier alpha value is -1.96. The third-order valence-electron chi connectivity index (χ3n) is 4.81. The molecule has 5 nitrogen and oxygen atoms in total. The van der Waals surface area contributed by atoms with Crippen molar-refractivity contribution in [3.8, 4) is 5.75 Å². The Labute approximate surface area is 164 Å². The molecule has 1 aliphatic rings. The number of ether oxygens (including phenoxy) is 2. The number of alkyl halides is 3. The Morgan fingerprint density at radius 1 is 1.14 bits per heavy atom. The third-order valence-corrected chi connectivity index (χ3v) is 4.81. The number of benzene rings is 1. The Morgan fingerprint density at radius 3 is 2.39 bits per heavy atom. The Bertz CT molecular complexity index is 612. The van der Waals surface area contributed by atoms with Gasteiger partial charge < -0.3 is 20.1 Å². The van der Waals surface area contributed by atoms with Gasteiger partial charge in [0, 0.05) is 31.7 Å². The molecule has 0 unspecified atom stereocenters. The van der Waals surface area contributed by atoms with Crippen LogP contribution in [0.3, 0.4) is 0 Å². The smallest absolute Gasteiger partial charge is 0.390 e.